The second-order valence-corrected chi connectivity index (χ2v) is 7.19. The smallest absolute Gasteiger partial charge is 0.271 e. The summed E-state index contributed by atoms with van der Waals surface area (Å²) in [6, 6.07) is 13.8. The molecule has 3 rings (SSSR count). The lowest BCUT2D eigenvalue weighted by Gasteiger charge is -2.06. The van der Waals surface area contributed by atoms with Crippen LogP contribution in [0.25, 0.3) is 10.8 Å². The van der Waals surface area contributed by atoms with Crippen LogP contribution in [0.1, 0.15) is 21.5 Å². The SMILES string of the molecule is N#Cc1ccc2cc(C(=O)N/N=C/c3cc(Br)c(O)c(Br)c3O)ccc2c1. The Hall–Kier alpha value is -2.89. The Morgan fingerprint density at radius 2 is 1.78 bits per heavy atom. The number of nitrogens with zero attached hydrogens (tertiary/aromatic N) is 2. The number of phenolic OH excluding ortho intramolecular Hbond substituents is 2. The monoisotopic (exact) mass is 487 g/mol. The molecule has 1 amide bonds. The summed E-state index contributed by atoms with van der Waals surface area (Å²) in [6.07, 6.45) is 1.27. The molecule has 0 aromatic heterocycles. The lowest BCUT2D eigenvalue weighted by molar-refractivity contribution is 0.0955. The molecule has 0 aliphatic carbocycles. The molecular formula is C19H11Br2N3O3. The Labute approximate surface area is 171 Å². The van der Waals surface area contributed by atoms with Gasteiger partial charge in [-0.1, -0.05) is 12.1 Å². The first-order valence-electron chi connectivity index (χ1n) is 7.58. The maximum atomic E-state index is 12.3. The molecule has 3 aromatic rings. The molecular weight excluding hydrogens is 478 g/mol. The van der Waals surface area contributed by atoms with Gasteiger partial charge in [-0.2, -0.15) is 10.4 Å². The molecule has 8 heteroatoms. The minimum absolute atomic E-state index is 0.121. The number of nitriles is 1. The van der Waals surface area contributed by atoms with Gasteiger partial charge >= 0.3 is 0 Å². The van der Waals surface area contributed by atoms with Gasteiger partial charge in [0.2, 0.25) is 0 Å². The number of carbonyl (C=O) groups excluding carboxylic acids is 1. The number of hydrazone groups is 1. The van der Waals surface area contributed by atoms with E-state index in [0.717, 1.165) is 10.8 Å². The van der Waals surface area contributed by atoms with E-state index in [4.69, 9.17) is 5.26 Å². The molecule has 0 radical (unpaired) electrons. The lowest BCUT2D eigenvalue weighted by atomic mass is 10.0. The zero-order valence-corrected chi connectivity index (χ0v) is 16.7. The van der Waals surface area contributed by atoms with Crippen LogP contribution in [-0.4, -0.2) is 22.3 Å². The number of rotatable bonds is 3. The van der Waals surface area contributed by atoms with E-state index in [-0.39, 0.29) is 16.0 Å². The van der Waals surface area contributed by atoms with E-state index in [9.17, 15) is 15.0 Å². The number of aromatic hydroxyl groups is 2. The Balaban J connectivity index is 1.79. The number of amides is 1. The van der Waals surface area contributed by atoms with Gasteiger partial charge in [0.15, 0.2) is 0 Å². The molecule has 0 saturated carbocycles. The number of benzene rings is 3. The maximum absolute atomic E-state index is 12.3. The normalized spacial score (nSPS) is 10.9. The number of phenols is 2. The molecule has 0 aliphatic heterocycles. The van der Waals surface area contributed by atoms with Crippen LogP contribution in [0.2, 0.25) is 0 Å². The van der Waals surface area contributed by atoms with Crippen LogP contribution >= 0.6 is 31.9 Å². The van der Waals surface area contributed by atoms with Gasteiger partial charge < -0.3 is 10.2 Å². The van der Waals surface area contributed by atoms with Crippen LogP contribution in [0.3, 0.4) is 0 Å². The zero-order chi connectivity index (χ0) is 19.6. The van der Waals surface area contributed by atoms with Crippen molar-refractivity contribution in [1.82, 2.24) is 5.43 Å². The average molecular weight is 489 g/mol. The molecule has 0 atom stereocenters. The first-order valence-corrected chi connectivity index (χ1v) is 9.16. The van der Waals surface area contributed by atoms with Crippen LogP contribution < -0.4 is 5.43 Å². The van der Waals surface area contributed by atoms with Gasteiger partial charge in [-0.15, -0.1) is 0 Å². The fourth-order valence-corrected chi connectivity index (χ4v) is 3.55. The van der Waals surface area contributed by atoms with Gasteiger partial charge in [-0.3, -0.25) is 4.79 Å². The summed E-state index contributed by atoms with van der Waals surface area (Å²) in [5.74, 6) is -0.758. The predicted molar refractivity (Wildman–Crippen MR) is 109 cm³/mol. The van der Waals surface area contributed by atoms with Crippen molar-refractivity contribution < 1.29 is 15.0 Å². The van der Waals surface area contributed by atoms with Crippen molar-refractivity contribution in [2.45, 2.75) is 0 Å². The Morgan fingerprint density at radius 3 is 2.52 bits per heavy atom. The van der Waals surface area contributed by atoms with Crippen LogP contribution in [0.5, 0.6) is 11.5 Å². The molecule has 0 spiro atoms. The molecule has 134 valence electrons. The van der Waals surface area contributed by atoms with Crippen LogP contribution in [-0.2, 0) is 0 Å². The summed E-state index contributed by atoms with van der Waals surface area (Å²) in [6.45, 7) is 0. The third kappa shape index (κ3) is 3.94. The number of fused-ring (bicyclic) bond motifs is 1. The second kappa shape index (κ2) is 7.78. The molecule has 3 N–H and O–H groups in total. The molecule has 0 bridgehead atoms. The third-order valence-electron chi connectivity index (χ3n) is 3.80. The predicted octanol–water partition coefficient (Wildman–Crippen LogP) is 4.41. The van der Waals surface area contributed by atoms with Crippen molar-refractivity contribution in [2.24, 2.45) is 5.10 Å². The highest BCUT2D eigenvalue weighted by Crippen LogP contribution is 2.40. The van der Waals surface area contributed by atoms with E-state index in [2.05, 4.69) is 48.5 Å². The van der Waals surface area contributed by atoms with Crippen molar-refractivity contribution in [3.8, 4) is 17.6 Å². The van der Waals surface area contributed by atoms with Crippen molar-refractivity contribution in [1.29, 1.82) is 5.26 Å². The number of nitrogens with one attached hydrogen (secondary N) is 1. The van der Waals surface area contributed by atoms with Crippen LogP contribution in [0.4, 0.5) is 0 Å². The minimum Gasteiger partial charge on any atom is -0.506 e. The maximum Gasteiger partial charge on any atom is 0.271 e. The quantitative estimate of drug-likeness (QED) is 0.375. The van der Waals surface area contributed by atoms with E-state index in [1.807, 2.05) is 0 Å². The summed E-state index contributed by atoms with van der Waals surface area (Å²) < 4.78 is 0.488. The van der Waals surface area contributed by atoms with Gasteiger partial charge in [-0.25, -0.2) is 5.43 Å². The number of hydrogen-bond acceptors (Lipinski definition) is 5. The summed E-state index contributed by atoms with van der Waals surface area (Å²) in [5.41, 5.74) is 3.65. The summed E-state index contributed by atoms with van der Waals surface area (Å²) >= 11 is 6.23. The van der Waals surface area contributed by atoms with Crippen LogP contribution in [0.15, 0.2) is 56.5 Å². The van der Waals surface area contributed by atoms with Crippen molar-refractivity contribution in [3.05, 3.63) is 68.1 Å². The van der Waals surface area contributed by atoms with Gasteiger partial charge in [0.05, 0.1) is 22.3 Å². The summed E-state index contributed by atoms with van der Waals surface area (Å²) in [5, 5.41) is 34.2. The molecule has 0 fully saturated rings. The van der Waals surface area contributed by atoms with Gasteiger partial charge in [0.1, 0.15) is 16.0 Å². The largest absolute Gasteiger partial charge is 0.506 e. The van der Waals surface area contributed by atoms with Crippen LogP contribution in [0, 0.1) is 11.3 Å². The van der Waals surface area contributed by atoms with Crippen molar-refractivity contribution >= 4 is 54.8 Å². The van der Waals surface area contributed by atoms with Crippen molar-refractivity contribution in [2.75, 3.05) is 0 Å². The highest BCUT2D eigenvalue weighted by atomic mass is 79.9. The molecule has 0 aliphatic rings. The number of carbonyl (C=O) groups is 1. The van der Waals surface area contributed by atoms with Crippen molar-refractivity contribution in [3.63, 3.8) is 0 Å². The number of hydrogen-bond donors (Lipinski definition) is 3. The first kappa shape index (κ1) is 18.9. The molecule has 0 saturated heterocycles. The third-order valence-corrected chi connectivity index (χ3v) is 5.15. The fourth-order valence-electron chi connectivity index (χ4n) is 2.40. The molecule has 0 heterocycles. The van der Waals surface area contributed by atoms with E-state index in [0.29, 0.717) is 21.2 Å². The highest BCUT2D eigenvalue weighted by Gasteiger charge is 2.13. The highest BCUT2D eigenvalue weighted by molar-refractivity contribution is 9.11. The van der Waals surface area contributed by atoms with Gasteiger partial charge in [-0.05, 0) is 73.0 Å². The average Bonchev–Trinajstić information content (AvgIpc) is 2.69. The summed E-state index contributed by atoms with van der Waals surface area (Å²) in [4.78, 5) is 12.3. The van der Waals surface area contributed by atoms with E-state index in [1.54, 1.807) is 36.4 Å². The minimum atomic E-state index is -0.422. The Kier molecular flexibility index (Phi) is 5.44. The number of halogens is 2. The fraction of sp³-hybridized carbons (Fsp3) is 0. The van der Waals surface area contributed by atoms with Gasteiger partial charge in [0, 0.05) is 11.1 Å². The molecule has 27 heavy (non-hydrogen) atoms. The second-order valence-electron chi connectivity index (χ2n) is 5.55. The van der Waals surface area contributed by atoms with E-state index < -0.39 is 5.91 Å². The zero-order valence-electron chi connectivity index (χ0n) is 13.6. The standard InChI is InChI=1S/C19H11Br2N3O3/c20-15-7-14(17(25)16(21)18(15)26)9-23-24-19(27)13-4-3-11-5-10(8-22)1-2-12(11)6-13/h1-7,9,25-26H,(H,24,27)/b23-9+. The van der Waals surface area contributed by atoms with Gasteiger partial charge in [0.25, 0.3) is 5.91 Å². The molecule has 3 aromatic carbocycles. The lowest BCUT2D eigenvalue weighted by Crippen LogP contribution is -2.17. The Bertz CT molecular complexity index is 1140. The van der Waals surface area contributed by atoms with E-state index >= 15 is 0 Å². The molecule has 0 unspecified atom stereocenters. The molecule has 6 nitrogen and oxygen atoms in total. The topological polar surface area (TPSA) is 106 Å². The Morgan fingerprint density at radius 1 is 1.07 bits per heavy atom. The van der Waals surface area contributed by atoms with E-state index in [1.165, 1.54) is 12.3 Å². The first-order chi connectivity index (χ1) is 12.9. The summed E-state index contributed by atoms with van der Waals surface area (Å²) in [7, 11) is 0.